The maximum absolute atomic E-state index is 5.86. The molecule has 0 radical (unpaired) electrons. The maximum Gasteiger partial charge on any atom is 0.0103 e. The molecule has 0 bridgehead atoms. The molecule has 1 saturated heterocycles. The highest BCUT2D eigenvalue weighted by Gasteiger charge is 2.52. The fourth-order valence-corrected chi connectivity index (χ4v) is 2.02. The lowest BCUT2D eigenvalue weighted by atomic mass is 9.93. The van der Waals surface area contributed by atoms with Crippen molar-refractivity contribution < 1.29 is 5.48 Å². The zero-order chi connectivity index (χ0) is 7.19. The highest BCUT2D eigenvalue weighted by molar-refractivity contribution is 5.85. The van der Waals surface area contributed by atoms with Gasteiger partial charge in [0.05, 0.1) is 0 Å². The number of hydrogen-bond acceptors (Lipinski definition) is 2. The summed E-state index contributed by atoms with van der Waals surface area (Å²) in [6.07, 6.45) is 3.97. The number of halogens is 2. The van der Waals surface area contributed by atoms with Crippen molar-refractivity contribution in [1.82, 2.24) is 4.90 Å². The van der Waals surface area contributed by atoms with Gasteiger partial charge in [-0.3, -0.25) is 0 Å². The monoisotopic (exact) mass is 230 g/mol. The summed E-state index contributed by atoms with van der Waals surface area (Å²) in [7, 11) is 2.20. The van der Waals surface area contributed by atoms with Gasteiger partial charge in [-0.15, -0.1) is 24.8 Å². The quantitative estimate of drug-likeness (QED) is 0.657. The van der Waals surface area contributed by atoms with Crippen LogP contribution in [0.2, 0.25) is 0 Å². The van der Waals surface area contributed by atoms with E-state index in [1.54, 1.807) is 0 Å². The van der Waals surface area contributed by atoms with Gasteiger partial charge < -0.3 is 16.1 Å². The summed E-state index contributed by atoms with van der Waals surface area (Å²) in [4.78, 5) is 2.40. The van der Waals surface area contributed by atoms with Crippen molar-refractivity contribution in [3.05, 3.63) is 0 Å². The smallest absolute Gasteiger partial charge is 0.0103 e. The Labute approximate surface area is 92.2 Å². The van der Waals surface area contributed by atoms with E-state index in [-0.39, 0.29) is 30.3 Å². The van der Waals surface area contributed by atoms with Gasteiger partial charge in [0.15, 0.2) is 0 Å². The van der Waals surface area contributed by atoms with Crippen LogP contribution in [0.4, 0.5) is 0 Å². The third-order valence-electron chi connectivity index (χ3n) is 3.24. The molecule has 1 aliphatic heterocycles. The van der Waals surface area contributed by atoms with Crippen LogP contribution in [0, 0.1) is 5.41 Å². The predicted octanol–water partition coefficient (Wildman–Crippen LogP) is 0.448. The van der Waals surface area contributed by atoms with Crippen LogP contribution < -0.4 is 5.73 Å². The van der Waals surface area contributed by atoms with Gasteiger partial charge in [-0.2, -0.15) is 0 Å². The fourth-order valence-electron chi connectivity index (χ4n) is 2.02. The second-order valence-corrected chi connectivity index (χ2v) is 3.98. The fraction of sp³-hybridized carbons (Fsp3) is 1.00. The van der Waals surface area contributed by atoms with E-state index in [4.69, 9.17) is 5.73 Å². The van der Waals surface area contributed by atoms with Crippen molar-refractivity contribution in [2.45, 2.75) is 25.3 Å². The van der Waals surface area contributed by atoms with Crippen LogP contribution in [0.15, 0.2) is 0 Å². The molecule has 1 atom stereocenters. The molecule has 1 spiro atoms. The predicted molar refractivity (Wildman–Crippen MR) is 59.9 cm³/mol. The molecule has 1 aliphatic carbocycles. The molecule has 5 heteroatoms. The summed E-state index contributed by atoms with van der Waals surface area (Å²) < 4.78 is 0. The summed E-state index contributed by atoms with van der Waals surface area (Å²) in [6.45, 7) is 2.52. The first-order chi connectivity index (χ1) is 4.73. The molecule has 0 aromatic rings. The minimum absolute atomic E-state index is 0. The van der Waals surface area contributed by atoms with Crippen molar-refractivity contribution in [2.75, 3.05) is 20.1 Å². The van der Waals surface area contributed by atoms with Gasteiger partial charge in [0.2, 0.25) is 0 Å². The second-order valence-electron chi connectivity index (χ2n) is 3.98. The number of hydrogen-bond donors (Lipinski definition) is 1. The number of nitrogens with zero attached hydrogens (tertiary/aromatic N) is 1. The first kappa shape index (κ1) is 15.9. The topological polar surface area (TPSA) is 60.8 Å². The number of rotatable bonds is 0. The molecule has 1 saturated carbocycles. The first-order valence-electron chi connectivity index (χ1n) is 4.17. The highest BCUT2D eigenvalue weighted by Crippen LogP contribution is 2.52. The van der Waals surface area contributed by atoms with E-state index in [1.165, 1.54) is 32.4 Å². The minimum atomic E-state index is 0. The van der Waals surface area contributed by atoms with Crippen LogP contribution in [0.25, 0.3) is 0 Å². The Morgan fingerprint density at radius 1 is 1.23 bits per heavy atom. The molecule has 1 unspecified atom stereocenters. The van der Waals surface area contributed by atoms with Crippen molar-refractivity contribution in [3.8, 4) is 0 Å². The Bertz CT molecular complexity index is 149. The number of likely N-dealkylation sites (tertiary alicyclic amines) is 1. The summed E-state index contributed by atoms with van der Waals surface area (Å²) >= 11 is 0. The molecule has 0 amide bonds. The zero-order valence-corrected chi connectivity index (χ0v) is 9.59. The Balaban J connectivity index is 0. The van der Waals surface area contributed by atoms with Crippen LogP contribution in [0.5, 0.6) is 0 Å². The van der Waals surface area contributed by atoms with E-state index in [9.17, 15) is 0 Å². The first-order valence-corrected chi connectivity index (χ1v) is 4.17. The molecule has 4 N–H and O–H groups in total. The van der Waals surface area contributed by atoms with Crippen LogP contribution in [0.3, 0.4) is 0 Å². The lowest BCUT2D eigenvalue weighted by Gasteiger charge is -2.29. The van der Waals surface area contributed by atoms with E-state index < -0.39 is 0 Å². The molecule has 13 heavy (non-hydrogen) atoms. The number of nitrogens with two attached hydrogens (primary N) is 1. The lowest BCUT2D eigenvalue weighted by Crippen LogP contribution is -2.33. The molecule has 2 fully saturated rings. The van der Waals surface area contributed by atoms with E-state index in [1.807, 2.05) is 0 Å². The van der Waals surface area contributed by atoms with E-state index in [0.29, 0.717) is 11.5 Å². The van der Waals surface area contributed by atoms with E-state index in [2.05, 4.69) is 11.9 Å². The second kappa shape index (κ2) is 5.37. The molecule has 2 rings (SSSR count). The lowest BCUT2D eigenvalue weighted by molar-refractivity contribution is 0.201. The van der Waals surface area contributed by atoms with Gasteiger partial charge in [-0.1, -0.05) is 0 Å². The molecule has 0 aromatic carbocycles. The maximum atomic E-state index is 5.86. The number of piperidine rings is 1. The summed E-state index contributed by atoms with van der Waals surface area (Å²) in [6, 6.07) is 0.543. The molecule has 0 aromatic heterocycles. The van der Waals surface area contributed by atoms with Crippen LogP contribution in [-0.2, 0) is 0 Å². The zero-order valence-electron chi connectivity index (χ0n) is 7.95. The van der Waals surface area contributed by atoms with Gasteiger partial charge >= 0.3 is 0 Å². The summed E-state index contributed by atoms with van der Waals surface area (Å²) in [5.74, 6) is 0. The third kappa shape index (κ3) is 2.96. The largest absolute Gasteiger partial charge is 0.412 e. The molecular weight excluding hydrogens is 211 g/mol. The van der Waals surface area contributed by atoms with Gasteiger partial charge in [0.1, 0.15) is 0 Å². The van der Waals surface area contributed by atoms with Crippen LogP contribution in [0.1, 0.15) is 19.3 Å². The molecule has 1 heterocycles. The van der Waals surface area contributed by atoms with Crippen LogP contribution >= 0.6 is 24.8 Å². The van der Waals surface area contributed by atoms with Crippen molar-refractivity contribution in [3.63, 3.8) is 0 Å². The Morgan fingerprint density at radius 2 is 1.62 bits per heavy atom. The van der Waals surface area contributed by atoms with Crippen molar-refractivity contribution >= 4 is 24.8 Å². The van der Waals surface area contributed by atoms with Crippen molar-refractivity contribution in [1.29, 1.82) is 0 Å². The third-order valence-corrected chi connectivity index (χ3v) is 3.24. The van der Waals surface area contributed by atoms with E-state index >= 15 is 0 Å². The highest BCUT2D eigenvalue weighted by atomic mass is 35.5. The summed E-state index contributed by atoms with van der Waals surface area (Å²) in [5, 5.41) is 0. The average Bonchev–Trinajstić information content (AvgIpc) is 2.53. The van der Waals surface area contributed by atoms with Gasteiger partial charge in [-0.05, 0) is 44.8 Å². The Kier molecular flexibility index (Phi) is 6.57. The SMILES string of the molecule is CN1CCC2(CC1)CC2N.Cl.Cl.O. The average molecular weight is 231 g/mol. The van der Waals surface area contributed by atoms with Crippen LogP contribution in [-0.4, -0.2) is 36.6 Å². The van der Waals surface area contributed by atoms with Gasteiger partial charge in [0, 0.05) is 6.04 Å². The molecule has 3 nitrogen and oxygen atoms in total. The Morgan fingerprint density at radius 3 is 1.92 bits per heavy atom. The molecule has 2 aliphatic rings. The van der Waals surface area contributed by atoms with E-state index in [0.717, 1.165) is 0 Å². The normalized spacial score (nSPS) is 29.5. The van der Waals surface area contributed by atoms with Crippen molar-refractivity contribution in [2.24, 2.45) is 11.1 Å². The molecule has 82 valence electrons. The molecular formula is C8H20Cl2N2O. The Hall–Kier alpha value is 0.460. The minimum Gasteiger partial charge on any atom is -0.412 e. The van der Waals surface area contributed by atoms with Gasteiger partial charge in [-0.25, -0.2) is 0 Å². The standard InChI is InChI=1S/C8H16N2.2ClH.H2O/c1-10-4-2-8(3-5-10)6-7(8)9;;;/h7H,2-6,9H2,1H3;2*1H;1H2. The van der Waals surface area contributed by atoms with Gasteiger partial charge in [0.25, 0.3) is 0 Å². The summed E-state index contributed by atoms with van der Waals surface area (Å²) in [5.41, 5.74) is 6.46.